The van der Waals surface area contributed by atoms with Gasteiger partial charge in [-0.2, -0.15) is 0 Å². The molecule has 0 saturated carbocycles. The predicted octanol–water partition coefficient (Wildman–Crippen LogP) is 2.02. The van der Waals surface area contributed by atoms with Gasteiger partial charge in [-0.25, -0.2) is 0 Å². The van der Waals surface area contributed by atoms with Gasteiger partial charge in [-0.15, -0.1) is 0 Å². The van der Waals surface area contributed by atoms with E-state index < -0.39 is 5.91 Å². The Morgan fingerprint density at radius 1 is 1.32 bits per heavy atom. The highest BCUT2D eigenvalue weighted by Crippen LogP contribution is 2.19. The second-order valence-corrected chi connectivity index (χ2v) is 5.27. The fourth-order valence-electron chi connectivity index (χ4n) is 2.79. The van der Waals surface area contributed by atoms with E-state index in [0.717, 1.165) is 62.7 Å². The maximum Gasteiger partial charge on any atom is 0.254 e. The molecule has 4 heteroatoms. The molecule has 0 saturated heterocycles. The fourth-order valence-corrected chi connectivity index (χ4v) is 2.79. The summed E-state index contributed by atoms with van der Waals surface area (Å²) in [5.41, 5.74) is 7.29. The number of nitrogens with two attached hydrogens (primary N) is 1. The lowest BCUT2D eigenvalue weighted by atomic mass is 10.0. The molecule has 2 N–H and O–H groups in total. The molecular formula is C15H22N2O2. The van der Waals surface area contributed by atoms with E-state index in [0.29, 0.717) is 0 Å². The Kier molecular flexibility index (Phi) is 4.40. The molecule has 0 atom stereocenters. The molecule has 0 aliphatic heterocycles. The Hall–Kier alpha value is -1.58. The van der Waals surface area contributed by atoms with Crippen LogP contribution in [-0.2, 0) is 19.4 Å². The predicted molar refractivity (Wildman–Crippen MR) is 75.4 cm³/mol. The number of carbonyl (C=O) groups is 1. The third-order valence-corrected chi connectivity index (χ3v) is 3.86. The number of aromatic nitrogens is 1. The van der Waals surface area contributed by atoms with Crippen LogP contribution in [0.2, 0.25) is 0 Å². The highest BCUT2D eigenvalue weighted by Gasteiger charge is 2.19. The number of amides is 1. The first kappa shape index (κ1) is 13.8. The van der Waals surface area contributed by atoms with Gasteiger partial charge in [0, 0.05) is 24.0 Å². The third kappa shape index (κ3) is 2.88. The van der Waals surface area contributed by atoms with E-state index in [1.165, 1.54) is 0 Å². The van der Waals surface area contributed by atoms with Crippen LogP contribution in [0.25, 0.3) is 0 Å². The van der Waals surface area contributed by atoms with Gasteiger partial charge in [0.1, 0.15) is 5.56 Å². The van der Waals surface area contributed by atoms with Gasteiger partial charge in [-0.05, 0) is 32.1 Å². The van der Waals surface area contributed by atoms with E-state index in [4.69, 9.17) is 5.73 Å². The molecule has 1 amide bonds. The molecule has 0 unspecified atom stereocenters. The molecule has 0 fully saturated rings. The number of hydrogen-bond acceptors (Lipinski definition) is 2. The average Bonchev–Trinajstić information content (AvgIpc) is 2.64. The van der Waals surface area contributed by atoms with Crippen LogP contribution in [0.1, 0.15) is 60.6 Å². The number of primary amides is 1. The second kappa shape index (κ2) is 6.04. The highest BCUT2D eigenvalue weighted by molar-refractivity contribution is 5.92. The first-order valence-electron chi connectivity index (χ1n) is 7.20. The van der Waals surface area contributed by atoms with Crippen LogP contribution in [0, 0.1) is 0 Å². The molecule has 4 nitrogen and oxygen atoms in total. The minimum absolute atomic E-state index is 0.142. The van der Waals surface area contributed by atoms with E-state index >= 15 is 0 Å². The van der Waals surface area contributed by atoms with Crippen molar-refractivity contribution < 1.29 is 4.79 Å². The summed E-state index contributed by atoms with van der Waals surface area (Å²) in [7, 11) is 0. The summed E-state index contributed by atoms with van der Waals surface area (Å²) >= 11 is 0. The smallest absolute Gasteiger partial charge is 0.254 e. The van der Waals surface area contributed by atoms with Crippen molar-refractivity contribution in [2.24, 2.45) is 5.73 Å². The molecule has 1 aromatic rings. The lowest BCUT2D eigenvalue weighted by Crippen LogP contribution is -2.28. The minimum Gasteiger partial charge on any atom is -0.365 e. The van der Waals surface area contributed by atoms with Crippen LogP contribution in [-0.4, -0.2) is 10.5 Å². The van der Waals surface area contributed by atoms with Crippen LogP contribution in [0.3, 0.4) is 0 Å². The first-order chi connectivity index (χ1) is 9.15. The SMILES string of the molecule is CCCCn1cc(C(N)=O)c(=O)c2c1CCCCC2. The van der Waals surface area contributed by atoms with Gasteiger partial charge in [0.05, 0.1) is 0 Å². The summed E-state index contributed by atoms with van der Waals surface area (Å²) in [6, 6.07) is 0. The van der Waals surface area contributed by atoms with Gasteiger partial charge < -0.3 is 10.3 Å². The summed E-state index contributed by atoms with van der Waals surface area (Å²) in [5, 5.41) is 0. The van der Waals surface area contributed by atoms with Crippen molar-refractivity contribution in [2.45, 2.75) is 58.4 Å². The summed E-state index contributed by atoms with van der Waals surface area (Å²) < 4.78 is 2.09. The van der Waals surface area contributed by atoms with Crippen LogP contribution in [0.15, 0.2) is 11.0 Å². The van der Waals surface area contributed by atoms with Crippen LogP contribution in [0.4, 0.5) is 0 Å². The van der Waals surface area contributed by atoms with E-state index in [9.17, 15) is 9.59 Å². The average molecular weight is 262 g/mol. The fraction of sp³-hybridized carbons (Fsp3) is 0.600. The zero-order valence-electron chi connectivity index (χ0n) is 11.6. The van der Waals surface area contributed by atoms with E-state index in [-0.39, 0.29) is 11.0 Å². The van der Waals surface area contributed by atoms with E-state index in [1.54, 1.807) is 6.20 Å². The van der Waals surface area contributed by atoms with Crippen molar-refractivity contribution in [3.8, 4) is 0 Å². The summed E-state index contributed by atoms with van der Waals surface area (Å²) in [6.07, 6.45) is 8.82. The third-order valence-electron chi connectivity index (χ3n) is 3.86. The highest BCUT2D eigenvalue weighted by atomic mass is 16.2. The van der Waals surface area contributed by atoms with E-state index in [1.807, 2.05) is 0 Å². The molecule has 104 valence electrons. The molecule has 1 aliphatic rings. The van der Waals surface area contributed by atoms with Crippen LogP contribution >= 0.6 is 0 Å². The molecule has 1 aliphatic carbocycles. The summed E-state index contributed by atoms with van der Waals surface area (Å²) in [4.78, 5) is 23.7. The monoisotopic (exact) mass is 262 g/mol. The standard InChI is InChI=1S/C15H22N2O2/c1-2-3-9-17-10-12(15(16)19)14(18)11-7-5-4-6-8-13(11)17/h10H,2-9H2,1H3,(H2,16,19). The zero-order valence-corrected chi connectivity index (χ0v) is 11.6. The maximum atomic E-state index is 12.3. The molecule has 0 spiro atoms. The largest absolute Gasteiger partial charge is 0.365 e. The van der Waals surface area contributed by atoms with Crippen molar-refractivity contribution in [2.75, 3.05) is 0 Å². The molecule has 1 aromatic heterocycles. The maximum absolute atomic E-state index is 12.3. The Balaban J connectivity index is 2.55. The van der Waals surface area contributed by atoms with Gasteiger partial charge >= 0.3 is 0 Å². The van der Waals surface area contributed by atoms with Crippen molar-refractivity contribution in [3.63, 3.8) is 0 Å². The van der Waals surface area contributed by atoms with Gasteiger partial charge in [0.15, 0.2) is 5.43 Å². The summed E-state index contributed by atoms with van der Waals surface area (Å²) in [5.74, 6) is -0.609. The molecule has 1 heterocycles. The lowest BCUT2D eigenvalue weighted by molar-refractivity contribution is 0.0998. The molecule has 0 radical (unpaired) electrons. The number of unbranched alkanes of at least 4 members (excludes halogenated alkanes) is 1. The Morgan fingerprint density at radius 3 is 2.74 bits per heavy atom. The Bertz CT molecular complexity index is 532. The quantitative estimate of drug-likeness (QED) is 0.844. The van der Waals surface area contributed by atoms with Gasteiger partial charge in [-0.3, -0.25) is 9.59 Å². The Morgan fingerprint density at radius 2 is 2.05 bits per heavy atom. The molecule has 0 aromatic carbocycles. The minimum atomic E-state index is -0.609. The Labute approximate surface area is 113 Å². The number of carbonyl (C=O) groups excluding carboxylic acids is 1. The number of pyridine rings is 1. The molecular weight excluding hydrogens is 240 g/mol. The first-order valence-corrected chi connectivity index (χ1v) is 7.20. The number of aryl methyl sites for hydroxylation is 1. The van der Waals surface area contributed by atoms with Gasteiger partial charge in [0.25, 0.3) is 5.91 Å². The lowest BCUT2D eigenvalue weighted by Gasteiger charge is -2.17. The number of fused-ring (bicyclic) bond motifs is 1. The number of nitrogens with zero attached hydrogens (tertiary/aromatic N) is 1. The van der Waals surface area contributed by atoms with Crippen molar-refractivity contribution in [1.82, 2.24) is 4.57 Å². The van der Waals surface area contributed by atoms with Crippen LogP contribution < -0.4 is 11.2 Å². The van der Waals surface area contributed by atoms with Gasteiger partial charge in [-0.1, -0.05) is 19.8 Å². The van der Waals surface area contributed by atoms with E-state index in [2.05, 4.69) is 11.5 Å². The topological polar surface area (TPSA) is 65.1 Å². The number of hydrogen-bond donors (Lipinski definition) is 1. The normalized spacial score (nSPS) is 14.8. The van der Waals surface area contributed by atoms with Crippen molar-refractivity contribution in [3.05, 3.63) is 33.2 Å². The zero-order chi connectivity index (χ0) is 13.8. The van der Waals surface area contributed by atoms with Crippen molar-refractivity contribution >= 4 is 5.91 Å². The number of rotatable bonds is 4. The van der Waals surface area contributed by atoms with Crippen molar-refractivity contribution in [1.29, 1.82) is 0 Å². The summed E-state index contributed by atoms with van der Waals surface area (Å²) in [6.45, 7) is 3.00. The van der Waals surface area contributed by atoms with Gasteiger partial charge in [0.2, 0.25) is 0 Å². The second-order valence-electron chi connectivity index (χ2n) is 5.27. The molecule has 2 rings (SSSR count). The van der Waals surface area contributed by atoms with Crippen LogP contribution in [0.5, 0.6) is 0 Å². The molecule has 19 heavy (non-hydrogen) atoms. The molecule has 0 bridgehead atoms.